The summed E-state index contributed by atoms with van der Waals surface area (Å²) in [5.41, 5.74) is 0. The van der Waals surface area contributed by atoms with E-state index in [9.17, 15) is 4.79 Å². The lowest BCUT2D eigenvalue weighted by Gasteiger charge is -2.09. The van der Waals surface area contributed by atoms with E-state index in [4.69, 9.17) is 4.42 Å². The third kappa shape index (κ3) is 2.39. The molecular formula is C11H16N2O2. The van der Waals surface area contributed by atoms with Gasteiger partial charge in [-0.25, -0.2) is 0 Å². The van der Waals surface area contributed by atoms with Gasteiger partial charge in [-0.1, -0.05) is 6.92 Å². The van der Waals surface area contributed by atoms with E-state index in [0.29, 0.717) is 5.76 Å². The van der Waals surface area contributed by atoms with Gasteiger partial charge in [0.25, 0.3) is 5.91 Å². The van der Waals surface area contributed by atoms with Gasteiger partial charge >= 0.3 is 0 Å². The van der Waals surface area contributed by atoms with Crippen LogP contribution < -0.4 is 10.6 Å². The fourth-order valence-electron chi connectivity index (χ4n) is 1.72. The maximum atomic E-state index is 11.7. The van der Waals surface area contributed by atoms with E-state index in [0.717, 1.165) is 31.7 Å². The Balaban J connectivity index is 1.94. The Bertz CT molecular complexity index is 340. The average molecular weight is 208 g/mol. The molecule has 15 heavy (non-hydrogen) atoms. The zero-order valence-corrected chi connectivity index (χ0v) is 8.88. The van der Waals surface area contributed by atoms with Crippen LogP contribution in [0.3, 0.4) is 0 Å². The number of aryl methyl sites for hydroxylation is 1. The van der Waals surface area contributed by atoms with Crippen molar-refractivity contribution in [3.63, 3.8) is 0 Å². The van der Waals surface area contributed by atoms with E-state index in [-0.39, 0.29) is 11.9 Å². The summed E-state index contributed by atoms with van der Waals surface area (Å²) >= 11 is 0. The fourth-order valence-corrected chi connectivity index (χ4v) is 1.72. The lowest BCUT2D eigenvalue weighted by Crippen LogP contribution is -2.35. The van der Waals surface area contributed by atoms with Gasteiger partial charge in [0.05, 0.1) is 0 Å². The summed E-state index contributed by atoms with van der Waals surface area (Å²) in [6.45, 7) is 3.83. The molecule has 1 aromatic rings. The van der Waals surface area contributed by atoms with Crippen LogP contribution >= 0.6 is 0 Å². The second kappa shape index (κ2) is 4.49. The minimum Gasteiger partial charge on any atom is -0.456 e. The monoisotopic (exact) mass is 208 g/mol. The summed E-state index contributed by atoms with van der Waals surface area (Å²) in [7, 11) is 0. The number of amides is 1. The highest BCUT2D eigenvalue weighted by Crippen LogP contribution is 2.09. The van der Waals surface area contributed by atoms with Crippen molar-refractivity contribution in [1.29, 1.82) is 0 Å². The summed E-state index contributed by atoms with van der Waals surface area (Å²) in [6.07, 6.45) is 1.81. The average Bonchev–Trinajstić information content (AvgIpc) is 2.86. The van der Waals surface area contributed by atoms with Crippen LogP contribution in [0.1, 0.15) is 29.7 Å². The third-order valence-corrected chi connectivity index (χ3v) is 2.63. The topological polar surface area (TPSA) is 54.3 Å². The van der Waals surface area contributed by atoms with Crippen LogP contribution in [-0.2, 0) is 6.42 Å². The number of carbonyl (C=O) groups excluding carboxylic acids is 1. The van der Waals surface area contributed by atoms with Crippen molar-refractivity contribution >= 4 is 5.91 Å². The molecule has 4 heteroatoms. The maximum absolute atomic E-state index is 11.7. The van der Waals surface area contributed by atoms with Crippen molar-refractivity contribution in [2.24, 2.45) is 0 Å². The van der Waals surface area contributed by atoms with Crippen LogP contribution in [0, 0.1) is 0 Å². The van der Waals surface area contributed by atoms with Crippen molar-refractivity contribution in [3.05, 3.63) is 23.7 Å². The third-order valence-electron chi connectivity index (χ3n) is 2.63. The van der Waals surface area contributed by atoms with Crippen LogP contribution in [0.5, 0.6) is 0 Å². The maximum Gasteiger partial charge on any atom is 0.287 e. The lowest BCUT2D eigenvalue weighted by molar-refractivity contribution is 0.0910. The number of nitrogens with one attached hydrogen (secondary N) is 2. The van der Waals surface area contributed by atoms with E-state index in [1.54, 1.807) is 6.07 Å². The summed E-state index contributed by atoms with van der Waals surface area (Å²) in [6, 6.07) is 3.82. The molecule has 0 aliphatic carbocycles. The standard InChI is InChI=1S/C11H16N2O2/c1-2-9-3-4-10(15-9)11(14)13-8-5-6-12-7-8/h3-4,8,12H,2,5-7H2,1H3,(H,13,14)/t8-/m0/s1. The molecule has 1 saturated heterocycles. The highest BCUT2D eigenvalue weighted by Gasteiger charge is 2.19. The molecule has 1 atom stereocenters. The molecule has 1 aliphatic heterocycles. The Morgan fingerprint density at radius 1 is 1.67 bits per heavy atom. The van der Waals surface area contributed by atoms with E-state index in [1.807, 2.05) is 13.0 Å². The molecule has 4 nitrogen and oxygen atoms in total. The van der Waals surface area contributed by atoms with Gasteiger partial charge < -0.3 is 15.1 Å². The van der Waals surface area contributed by atoms with Crippen molar-refractivity contribution in [2.45, 2.75) is 25.8 Å². The highest BCUT2D eigenvalue weighted by molar-refractivity contribution is 5.91. The minimum atomic E-state index is -0.108. The molecule has 0 aromatic carbocycles. The van der Waals surface area contributed by atoms with E-state index in [1.165, 1.54) is 0 Å². The Hall–Kier alpha value is -1.29. The first-order chi connectivity index (χ1) is 7.29. The number of hydrogen-bond acceptors (Lipinski definition) is 3. The quantitative estimate of drug-likeness (QED) is 0.777. The van der Waals surface area contributed by atoms with Gasteiger partial charge in [0.1, 0.15) is 5.76 Å². The van der Waals surface area contributed by atoms with Crippen LogP contribution in [0.15, 0.2) is 16.5 Å². The number of furan rings is 1. The van der Waals surface area contributed by atoms with Gasteiger partial charge in [-0.3, -0.25) is 4.79 Å². The van der Waals surface area contributed by atoms with Crippen LogP contribution in [0.2, 0.25) is 0 Å². The minimum absolute atomic E-state index is 0.108. The molecule has 0 bridgehead atoms. The molecule has 1 amide bonds. The van der Waals surface area contributed by atoms with E-state index < -0.39 is 0 Å². The second-order valence-electron chi connectivity index (χ2n) is 3.78. The molecule has 1 aliphatic rings. The Labute approximate surface area is 89.0 Å². The van der Waals surface area contributed by atoms with Gasteiger partial charge in [0.15, 0.2) is 5.76 Å². The van der Waals surface area contributed by atoms with Crippen LogP contribution in [-0.4, -0.2) is 25.0 Å². The Morgan fingerprint density at radius 3 is 3.13 bits per heavy atom. The smallest absolute Gasteiger partial charge is 0.287 e. The van der Waals surface area contributed by atoms with Gasteiger partial charge in [0, 0.05) is 19.0 Å². The fraction of sp³-hybridized carbons (Fsp3) is 0.545. The summed E-state index contributed by atoms with van der Waals surface area (Å²) in [5, 5.41) is 6.14. The zero-order chi connectivity index (χ0) is 10.7. The first-order valence-corrected chi connectivity index (χ1v) is 5.40. The van der Waals surface area contributed by atoms with Crippen LogP contribution in [0.25, 0.3) is 0 Å². The molecule has 0 unspecified atom stereocenters. The SMILES string of the molecule is CCc1ccc(C(=O)N[C@H]2CCNC2)o1. The van der Waals surface area contributed by atoms with Gasteiger partial charge in [-0.05, 0) is 25.1 Å². The van der Waals surface area contributed by atoms with Gasteiger partial charge in [-0.15, -0.1) is 0 Å². The van der Waals surface area contributed by atoms with E-state index in [2.05, 4.69) is 10.6 Å². The normalized spacial score (nSPS) is 20.5. The highest BCUT2D eigenvalue weighted by atomic mass is 16.3. The second-order valence-corrected chi connectivity index (χ2v) is 3.78. The van der Waals surface area contributed by atoms with Crippen molar-refractivity contribution in [3.8, 4) is 0 Å². The Morgan fingerprint density at radius 2 is 2.53 bits per heavy atom. The first kappa shape index (κ1) is 10.2. The number of hydrogen-bond donors (Lipinski definition) is 2. The number of rotatable bonds is 3. The van der Waals surface area contributed by atoms with Crippen molar-refractivity contribution in [1.82, 2.24) is 10.6 Å². The lowest BCUT2D eigenvalue weighted by atomic mass is 10.2. The summed E-state index contributed by atoms with van der Waals surface area (Å²) < 4.78 is 5.37. The Kier molecular flexibility index (Phi) is 3.06. The number of carbonyl (C=O) groups is 1. The molecule has 2 heterocycles. The summed E-state index contributed by atoms with van der Waals surface area (Å²) in [4.78, 5) is 11.7. The molecule has 2 N–H and O–H groups in total. The molecule has 1 aromatic heterocycles. The zero-order valence-electron chi connectivity index (χ0n) is 8.88. The molecule has 82 valence electrons. The molecule has 1 fully saturated rings. The van der Waals surface area contributed by atoms with Crippen molar-refractivity contribution < 1.29 is 9.21 Å². The van der Waals surface area contributed by atoms with Crippen molar-refractivity contribution in [2.75, 3.05) is 13.1 Å². The summed E-state index contributed by atoms with van der Waals surface area (Å²) in [5.74, 6) is 1.16. The van der Waals surface area contributed by atoms with E-state index >= 15 is 0 Å². The molecule has 0 radical (unpaired) electrons. The largest absolute Gasteiger partial charge is 0.456 e. The molecule has 0 spiro atoms. The predicted molar refractivity (Wildman–Crippen MR) is 56.8 cm³/mol. The van der Waals surface area contributed by atoms with Crippen LogP contribution in [0.4, 0.5) is 0 Å². The molecular weight excluding hydrogens is 192 g/mol. The molecule has 2 rings (SSSR count). The van der Waals surface area contributed by atoms with Gasteiger partial charge in [-0.2, -0.15) is 0 Å². The molecule has 0 saturated carbocycles. The van der Waals surface area contributed by atoms with Gasteiger partial charge in [0.2, 0.25) is 0 Å². The predicted octanol–water partition coefficient (Wildman–Crippen LogP) is 0.934. The first-order valence-electron chi connectivity index (χ1n) is 5.40.